The van der Waals surface area contributed by atoms with Gasteiger partial charge >= 0.3 is 0 Å². The molecule has 0 radical (unpaired) electrons. The molecular formula is C20H25FN2O3S. The van der Waals surface area contributed by atoms with Gasteiger partial charge in [-0.25, -0.2) is 12.8 Å². The lowest BCUT2D eigenvalue weighted by Crippen LogP contribution is -2.49. The standard InChI is InChI=1S/C20H25FN2O3S/c1-16-5-3-4-6-19(16)26-14-13-22-9-11-23(12-10-22)27(24,25)20-8-7-18(21)15-17(20)2/h3-8,15H,9-14H2,1-2H3. The lowest BCUT2D eigenvalue weighted by atomic mass is 10.2. The molecule has 0 amide bonds. The van der Waals surface area contributed by atoms with Gasteiger partial charge in [0.1, 0.15) is 18.2 Å². The first-order valence-electron chi connectivity index (χ1n) is 9.05. The maximum absolute atomic E-state index is 13.3. The second-order valence-corrected chi connectivity index (χ2v) is 8.68. The highest BCUT2D eigenvalue weighted by molar-refractivity contribution is 7.89. The summed E-state index contributed by atoms with van der Waals surface area (Å²) in [5.74, 6) is 0.454. The molecule has 0 aliphatic carbocycles. The van der Waals surface area contributed by atoms with Gasteiger partial charge in [0.2, 0.25) is 10.0 Å². The number of piperazine rings is 1. The van der Waals surface area contributed by atoms with Crippen LogP contribution in [0.1, 0.15) is 11.1 Å². The van der Waals surface area contributed by atoms with Crippen LogP contribution in [0.2, 0.25) is 0 Å². The largest absolute Gasteiger partial charge is 0.492 e. The average molecular weight is 392 g/mol. The van der Waals surface area contributed by atoms with Crippen molar-refractivity contribution < 1.29 is 17.5 Å². The van der Waals surface area contributed by atoms with Crippen LogP contribution in [0.15, 0.2) is 47.4 Å². The van der Waals surface area contributed by atoms with Crippen molar-refractivity contribution in [1.82, 2.24) is 9.21 Å². The van der Waals surface area contributed by atoms with E-state index in [1.165, 1.54) is 22.5 Å². The Labute approximate surface area is 160 Å². The lowest BCUT2D eigenvalue weighted by molar-refractivity contribution is 0.158. The minimum Gasteiger partial charge on any atom is -0.492 e. The van der Waals surface area contributed by atoms with E-state index in [9.17, 15) is 12.8 Å². The van der Waals surface area contributed by atoms with Gasteiger partial charge < -0.3 is 4.74 Å². The molecule has 0 spiro atoms. The molecule has 1 aliphatic rings. The first kappa shape index (κ1) is 19.8. The number of hydrogen-bond donors (Lipinski definition) is 0. The second-order valence-electron chi connectivity index (χ2n) is 6.77. The monoisotopic (exact) mass is 392 g/mol. The van der Waals surface area contributed by atoms with E-state index in [4.69, 9.17) is 4.74 Å². The minimum absolute atomic E-state index is 0.181. The van der Waals surface area contributed by atoms with Crippen LogP contribution in [0.25, 0.3) is 0 Å². The molecule has 27 heavy (non-hydrogen) atoms. The average Bonchev–Trinajstić information content (AvgIpc) is 2.63. The number of rotatable bonds is 6. The molecule has 0 saturated carbocycles. The third kappa shape index (κ3) is 4.66. The summed E-state index contributed by atoms with van der Waals surface area (Å²) < 4.78 is 46.2. The third-order valence-corrected chi connectivity index (χ3v) is 6.90. The Morgan fingerprint density at radius 3 is 2.37 bits per heavy atom. The van der Waals surface area contributed by atoms with Crippen molar-refractivity contribution >= 4 is 10.0 Å². The predicted octanol–water partition coefficient (Wildman–Crippen LogP) is 2.83. The Kier molecular flexibility index (Phi) is 6.14. The number of halogens is 1. The summed E-state index contributed by atoms with van der Waals surface area (Å²) in [5.41, 5.74) is 1.53. The molecule has 0 atom stereocenters. The highest BCUT2D eigenvalue weighted by atomic mass is 32.2. The van der Waals surface area contributed by atoms with E-state index in [2.05, 4.69) is 4.90 Å². The van der Waals surface area contributed by atoms with Gasteiger partial charge in [-0.15, -0.1) is 0 Å². The summed E-state index contributed by atoms with van der Waals surface area (Å²) >= 11 is 0. The van der Waals surface area contributed by atoms with Crippen molar-refractivity contribution in [1.29, 1.82) is 0 Å². The molecule has 0 unspecified atom stereocenters. The Morgan fingerprint density at radius 2 is 1.70 bits per heavy atom. The molecule has 3 rings (SSSR count). The maximum Gasteiger partial charge on any atom is 0.243 e. The van der Waals surface area contributed by atoms with E-state index in [0.29, 0.717) is 38.3 Å². The van der Waals surface area contributed by atoms with Crippen molar-refractivity contribution in [3.63, 3.8) is 0 Å². The van der Waals surface area contributed by atoms with E-state index < -0.39 is 15.8 Å². The molecule has 1 aliphatic heterocycles. The summed E-state index contributed by atoms with van der Waals surface area (Å²) in [4.78, 5) is 2.38. The van der Waals surface area contributed by atoms with Crippen LogP contribution in [-0.2, 0) is 10.0 Å². The summed E-state index contributed by atoms with van der Waals surface area (Å²) in [7, 11) is -3.59. The molecular weight excluding hydrogens is 367 g/mol. The zero-order valence-electron chi connectivity index (χ0n) is 15.7. The van der Waals surface area contributed by atoms with Gasteiger partial charge in [-0.2, -0.15) is 4.31 Å². The number of ether oxygens (including phenoxy) is 1. The van der Waals surface area contributed by atoms with Crippen LogP contribution in [0.3, 0.4) is 0 Å². The summed E-state index contributed by atoms with van der Waals surface area (Å²) in [6.45, 7) is 7.08. The molecule has 0 bridgehead atoms. The van der Waals surface area contributed by atoms with Gasteiger partial charge in [0.15, 0.2) is 0 Å². The Morgan fingerprint density at radius 1 is 1.00 bits per heavy atom. The summed E-state index contributed by atoms with van der Waals surface area (Å²) in [6, 6.07) is 11.7. The second kappa shape index (κ2) is 8.37. The van der Waals surface area contributed by atoms with Crippen molar-refractivity contribution in [3.05, 3.63) is 59.4 Å². The topological polar surface area (TPSA) is 49.9 Å². The van der Waals surface area contributed by atoms with Crippen molar-refractivity contribution in [3.8, 4) is 5.75 Å². The fraction of sp³-hybridized carbons (Fsp3) is 0.400. The van der Waals surface area contributed by atoms with Crippen molar-refractivity contribution in [2.75, 3.05) is 39.3 Å². The van der Waals surface area contributed by atoms with Gasteiger partial charge in [-0.1, -0.05) is 18.2 Å². The van der Waals surface area contributed by atoms with E-state index in [1.54, 1.807) is 6.92 Å². The highest BCUT2D eigenvalue weighted by Crippen LogP contribution is 2.22. The molecule has 0 aromatic heterocycles. The van der Waals surface area contributed by atoms with Crippen LogP contribution >= 0.6 is 0 Å². The van der Waals surface area contributed by atoms with Crippen molar-refractivity contribution in [2.45, 2.75) is 18.7 Å². The van der Waals surface area contributed by atoms with Gasteiger partial charge in [0.25, 0.3) is 0 Å². The molecule has 146 valence electrons. The van der Waals surface area contributed by atoms with Gasteiger partial charge in [0, 0.05) is 32.7 Å². The molecule has 2 aromatic rings. The van der Waals surface area contributed by atoms with E-state index in [0.717, 1.165) is 17.9 Å². The van der Waals surface area contributed by atoms with Crippen molar-refractivity contribution in [2.24, 2.45) is 0 Å². The smallest absolute Gasteiger partial charge is 0.243 e. The fourth-order valence-electron chi connectivity index (χ4n) is 3.24. The highest BCUT2D eigenvalue weighted by Gasteiger charge is 2.29. The quantitative estimate of drug-likeness (QED) is 0.759. The van der Waals surface area contributed by atoms with Crippen LogP contribution in [0.5, 0.6) is 5.75 Å². The van der Waals surface area contributed by atoms with Crippen LogP contribution in [-0.4, -0.2) is 57.0 Å². The summed E-state index contributed by atoms with van der Waals surface area (Å²) in [6.07, 6.45) is 0. The van der Waals surface area contributed by atoms with Gasteiger partial charge in [0.05, 0.1) is 4.90 Å². The molecule has 1 heterocycles. The molecule has 5 nitrogen and oxygen atoms in total. The number of aryl methyl sites for hydroxylation is 2. The van der Waals surface area contributed by atoms with E-state index in [1.807, 2.05) is 31.2 Å². The Balaban J connectivity index is 1.53. The lowest BCUT2D eigenvalue weighted by Gasteiger charge is -2.34. The normalized spacial score (nSPS) is 16.4. The first-order valence-corrected chi connectivity index (χ1v) is 10.5. The number of nitrogens with zero attached hydrogens (tertiary/aromatic N) is 2. The maximum atomic E-state index is 13.3. The first-order chi connectivity index (χ1) is 12.9. The molecule has 1 saturated heterocycles. The predicted molar refractivity (Wildman–Crippen MR) is 103 cm³/mol. The zero-order chi connectivity index (χ0) is 19.4. The number of benzene rings is 2. The fourth-order valence-corrected chi connectivity index (χ4v) is 4.87. The molecule has 7 heteroatoms. The summed E-state index contributed by atoms with van der Waals surface area (Å²) in [5, 5.41) is 0. The molecule has 2 aromatic carbocycles. The Hall–Kier alpha value is -1.96. The number of sulfonamides is 1. The minimum atomic E-state index is -3.59. The Bertz CT molecular complexity index is 894. The SMILES string of the molecule is Cc1ccccc1OCCN1CCN(S(=O)(=O)c2ccc(F)cc2C)CC1. The molecule has 1 fully saturated rings. The number of para-hydroxylation sites is 1. The molecule has 0 N–H and O–H groups in total. The third-order valence-electron chi connectivity index (χ3n) is 4.84. The van der Waals surface area contributed by atoms with Gasteiger partial charge in [-0.3, -0.25) is 4.90 Å². The van der Waals surface area contributed by atoms with E-state index in [-0.39, 0.29) is 4.90 Å². The van der Waals surface area contributed by atoms with Crippen LogP contribution in [0, 0.1) is 19.7 Å². The number of hydrogen-bond acceptors (Lipinski definition) is 4. The van der Waals surface area contributed by atoms with Gasteiger partial charge in [-0.05, 0) is 49.2 Å². The van der Waals surface area contributed by atoms with Crippen LogP contribution < -0.4 is 4.74 Å². The van der Waals surface area contributed by atoms with Crippen LogP contribution in [0.4, 0.5) is 4.39 Å². The van der Waals surface area contributed by atoms with E-state index >= 15 is 0 Å². The zero-order valence-corrected chi connectivity index (χ0v) is 16.5.